The minimum atomic E-state index is -0.919. The van der Waals surface area contributed by atoms with Crippen LogP contribution < -0.4 is 4.90 Å². The fraction of sp³-hybridized carbons (Fsp3) is 0.400. The molecule has 0 radical (unpaired) electrons. The second-order valence-corrected chi connectivity index (χ2v) is 10.8. The van der Waals surface area contributed by atoms with Gasteiger partial charge < -0.3 is 20.1 Å². The summed E-state index contributed by atoms with van der Waals surface area (Å²) in [6, 6.07) is 14.1. The predicted octanol–water partition coefficient (Wildman–Crippen LogP) is 4.85. The number of aromatic hydroxyl groups is 1. The average molecular weight is 585 g/mol. The zero-order valence-electron chi connectivity index (χ0n) is 21.6. The number of fused-ring (bicyclic) bond motifs is 1. The number of aliphatic hydroxyl groups is 2. The number of carbonyl (C=O) groups is 2. The molecule has 3 N–H and O–H groups in total. The maximum absolute atomic E-state index is 13.5. The molecule has 2 aromatic carbocycles. The first-order chi connectivity index (χ1) is 18.3. The summed E-state index contributed by atoms with van der Waals surface area (Å²) in [5.74, 6) is -2.47. The van der Waals surface area contributed by atoms with Gasteiger partial charge in [-0.3, -0.25) is 14.5 Å². The Morgan fingerprint density at radius 2 is 1.92 bits per heavy atom. The van der Waals surface area contributed by atoms with E-state index < -0.39 is 23.9 Å². The normalized spacial score (nSPS) is 22.7. The van der Waals surface area contributed by atoms with Gasteiger partial charge in [0, 0.05) is 23.1 Å². The molecule has 1 fully saturated rings. The number of hydrogen-bond donors (Lipinski definition) is 3. The lowest BCUT2D eigenvalue weighted by Gasteiger charge is -2.36. The quantitative estimate of drug-likeness (QED) is 0.272. The molecule has 0 spiro atoms. The van der Waals surface area contributed by atoms with Crippen LogP contribution >= 0.6 is 15.9 Å². The Morgan fingerprint density at radius 3 is 2.58 bits per heavy atom. The summed E-state index contributed by atoms with van der Waals surface area (Å²) >= 11 is 3.43. The molecule has 1 saturated heterocycles. The van der Waals surface area contributed by atoms with E-state index in [9.17, 15) is 24.9 Å². The first-order valence-electron chi connectivity index (χ1n) is 12.9. The number of ether oxygens (including phenoxy) is 1. The second kappa shape index (κ2) is 12.4. The standard InChI is InChI=1S/C30H34BrNO6/c1-3-18(13-19-14-21(31)10-12-25(19)34)9-11-26(35)27-20(17-38-2)15-23-28(24(27)16-33)30(37)32(29(23)36)22-7-5-4-6-8-22/h4-8,10,12-14,23-24,26,28,33-35H,3,9,11,15-17H2,1-2H3/b18-13+/t23-,24+,26-,28-/m1/s1. The lowest BCUT2D eigenvalue weighted by Crippen LogP contribution is -2.39. The summed E-state index contributed by atoms with van der Waals surface area (Å²) in [6.45, 7) is 1.87. The van der Waals surface area contributed by atoms with Crippen LogP contribution in [0, 0.1) is 17.8 Å². The van der Waals surface area contributed by atoms with Crippen LogP contribution in [0.2, 0.25) is 0 Å². The molecule has 2 aliphatic rings. The average Bonchev–Trinajstić information content (AvgIpc) is 3.17. The summed E-state index contributed by atoms with van der Waals surface area (Å²) < 4.78 is 6.28. The molecule has 1 heterocycles. The zero-order chi connectivity index (χ0) is 27.4. The Morgan fingerprint density at radius 1 is 1.18 bits per heavy atom. The summed E-state index contributed by atoms with van der Waals surface area (Å²) in [6.07, 6.45) is 2.97. The number of aliphatic hydroxyl groups excluding tert-OH is 2. The van der Waals surface area contributed by atoms with Crippen LogP contribution in [0.1, 0.15) is 38.2 Å². The molecule has 7 nitrogen and oxygen atoms in total. The van der Waals surface area contributed by atoms with Crippen LogP contribution in [0.4, 0.5) is 5.69 Å². The van der Waals surface area contributed by atoms with Gasteiger partial charge in [-0.25, -0.2) is 0 Å². The summed E-state index contributed by atoms with van der Waals surface area (Å²) in [5.41, 5.74) is 3.62. The molecule has 4 rings (SSSR count). The van der Waals surface area contributed by atoms with Crippen molar-refractivity contribution in [1.29, 1.82) is 0 Å². The molecular weight excluding hydrogens is 550 g/mol. The Hall–Kier alpha value is -2.78. The molecule has 202 valence electrons. The Labute approximate surface area is 231 Å². The second-order valence-electron chi connectivity index (χ2n) is 9.88. The van der Waals surface area contributed by atoms with Crippen LogP contribution in [0.5, 0.6) is 5.75 Å². The van der Waals surface area contributed by atoms with Crippen LogP contribution in [0.15, 0.2) is 69.7 Å². The van der Waals surface area contributed by atoms with Crippen molar-refractivity contribution in [3.63, 3.8) is 0 Å². The van der Waals surface area contributed by atoms with E-state index >= 15 is 0 Å². The van der Waals surface area contributed by atoms with Crippen molar-refractivity contribution >= 4 is 39.5 Å². The van der Waals surface area contributed by atoms with Gasteiger partial charge in [-0.15, -0.1) is 0 Å². The minimum absolute atomic E-state index is 0.177. The topological polar surface area (TPSA) is 107 Å². The number of phenolic OH excluding ortho intramolecular Hbond substituents is 1. The van der Waals surface area contributed by atoms with E-state index in [1.807, 2.05) is 25.1 Å². The van der Waals surface area contributed by atoms with Gasteiger partial charge in [-0.2, -0.15) is 0 Å². The maximum Gasteiger partial charge on any atom is 0.238 e. The molecule has 0 saturated carbocycles. The van der Waals surface area contributed by atoms with Crippen LogP contribution in [-0.2, 0) is 14.3 Å². The van der Waals surface area contributed by atoms with Crippen molar-refractivity contribution in [2.24, 2.45) is 17.8 Å². The van der Waals surface area contributed by atoms with Gasteiger partial charge in [-0.05, 0) is 67.2 Å². The third-order valence-electron chi connectivity index (χ3n) is 7.62. The van der Waals surface area contributed by atoms with Crippen LogP contribution in [0.25, 0.3) is 6.08 Å². The van der Waals surface area contributed by atoms with Gasteiger partial charge >= 0.3 is 0 Å². The molecule has 2 aromatic rings. The Balaban J connectivity index is 1.60. The Kier molecular flexibility index (Phi) is 9.20. The van der Waals surface area contributed by atoms with Crippen LogP contribution in [0.3, 0.4) is 0 Å². The molecule has 0 aromatic heterocycles. The monoisotopic (exact) mass is 583 g/mol. The number of imide groups is 1. The largest absolute Gasteiger partial charge is 0.507 e. The number of carbonyl (C=O) groups excluding carboxylic acids is 2. The highest BCUT2D eigenvalue weighted by atomic mass is 79.9. The van der Waals surface area contributed by atoms with Gasteiger partial charge in [-0.1, -0.05) is 52.7 Å². The summed E-state index contributed by atoms with van der Waals surface area (Å²) in [4.78, 5) is 28.2. The predicted molar refractivity (Wildman–Crippen MR) is 149 cm³/mol. The Bertz CT molecular complexity index is 1240. The van der Waals surface area contributed by atoms with Crippen molar-refractivity contribution in [2.75, 3.05) is 25.2 Å². The number of hydrogen-bond acceptors (Lipinski definition) is 6. The lowest BCUT2D eigenvalue weighted by molar-refractivity contribution is -0.123. The minimum Gasteiger partial charge on any atom is -0.507 e. The molecule has 0 bridgehead atoms. The van der Waals surface area contributed by atoms with Crippen molar-refractivity contribution in [3.8, 4) is 5.75 Å². The van der Waals surface area contributed by atoms with Crippen LogP contribution in [-0.4, -0.2) is 53.6 Å². The van der Waals surface area contributed by atoms with Crippen molar-refractivity contribution in [2.45, 2.75) is 38.7 Å². The first-order valence-corrected chi connectivity index (χ1v) is 13.7. The highest BCUT2D eigenvalue weighted by Gasteiger charge is 2.55. The highest BCUT2D eigenvalue weighted by molar-refractivity contribution is 9.10. The van der Waals surface area contributed by atoms with E-state index in [1.165, 1.54) is 4.90 Å². The van der Waals surface area contributed by atoms with Crippen molar-refractivity contribution in [3.05, 3.63) is 75.3 Å². The zero-order valence-corrected chi connectivity index (χ0v) is 23.2. The number of amides is 2. The van der Waals surface area contributed by atoms with E-state index in [4.69, 9.17) is 4.74 Å². The third kappa shape index (κ3) is 5.64. The van der Waals surface area contributed by atoms with E-state index in [0.717, 1.165) is 22.0 Å². The number of nitrogens with zero attached hydrogens (tertiary/aromatic N) is 1. The molecule has 4 atom stereocenters. The SMILES string of the molecule is CC/C(=C\c1cc(Br)ccc1O)CC[C@@H](O)C1=C(COC)C[C@H]2C(=O)N(c3ccccc3)C(=O)[C@H]2[C@H]1CO. The fourth-order valence-corrected chi connectivity index (χ4v) is 6.17. The summed E-state index contributed by atoms with van der Waals surface area (Å²) in [7, 11) is 1.55. The maximum atomic E-state index is 13.5. The van der Waals surface area contributed by atoms with Crippen molar-refractivity contribution in [1.82, 2.24) is 0 Å². The number of rotatable bonds is 10. The molecule has 2 amide bonds. The first kappa shape index (κ1) is 28.2. The fourth-order valence-electron chi connectivity index (χ4n) is 5.79. The molecule has 0 unspecified atom stereocenters. The number of methoxy groups -OCH3 is 1. The molecule has 1 aliphatic carbocycles. The third-order valence-corrected chi connectivity index (χ3v) is 8.11. The smallest absolute Gasteiger partial charge is 0.238 e. The van der Waals surface area contributed by atoms with E-state index in [-0.39, 0.29) is 30.8 Å². The number of para-hydroxylation sites is 1. The van der Waals surface area contributed by atoms with Gasteiger partial charge in [0.2, 0.25) is 11.8 Å². The highest BCUT2D eigenvalue weighted by Crippen LogP contribution is 2.47. The number of anilines is 1. The number of benzene rings is 2. The lowest BCUT2D eigenvalue weighted by atomic mass is 9.68. The number of halogens is 1. The van der Waals surface area contributed by atoms with E-state index in [2.05, 4.69) is 15.9 Å². The van der Waals surface area contributed by atoms with Gasteiger partial charge in [0.1, 0.15) is 5.75 Å². The van der Waals surface area contributed by atoms with Gasteiger partial charge in [0.15, 0.2) is 0 Å². The summed E-state index contributed by atoms with van der Waals surface area (Å²) in [5, 5.41) is 32.1. The van der Waals surface area contributed by atoms with Gasteiger partial charge in [0.05, 0.1) is 36.8 Å². The molecule has 38 heavy (non-hydrogen) atoms. The molecule has 1 aliphatic heterocycles. The van der Waals surface area contributed by atoms with Gasteiger partial charge in [0.25, 0.3) is 0 Å². The van der Waals surface area contributed by atoms with E-state index in [1.54, 1.807) is 43.5 Å². The van der Waals surface area contributed by atoms with Crippen molar-refractivity contribution < 1.29 is 29.6 Å². The number of phenols is 1. The number of allylic oxidation sites excluding steroid dienone is 1. The molecular formula is C30H34BrNO6. The molecule has 8 heteroatoms. The van der Waals surface area contributed by atoms with E-state index in [0.29, 0.717) is 36.1 Å².